The highest BCUT2D eigenvalue weighted by Gasteiger charge is 2.62. The van der Waals surface area contributed by atoms with Gasteiger partial charge in [0.1, 0.15) is 5.78 Å². The number of benzene rings is 2. The normalized spacial score (nSPS) is 27.5. The van der Waals surface area contributed by atoms with E-state index in [4.69, 9.17) is 0 Å². The SMILES string of the molecule is Cc1ccc(/C=C/CCC[C@]23CCC[C@H](C2=O)[C@H]3c2ccccc2)cc1. The van der Waals surface area contributed by atoms with Gasteiger partial charge in [-0.05, 0) is 50.2 Å². The summed E-state index contributed by atoms with van der Waals surface area (Å²) in [4.78, 5) is 12.8. The fraction of sp³-hybridized carbons (Fsp3) is 0.400. The number of fused-ring (bicyclic) bond motifs is 2. The van der Waals surface area contributed by atoms with Gasteiger partial charge in [-0.25, -0.2) is 0 Å². The number of rotatable bonds is 6. The Morgan fingerprint density at radius 3 is 2.58 bits per heavy atom. The van der Waals surface area contributed by atoms with Crippen molar-refractivity contribution >= 4 is 11.9 Å². The monoisotopic (exact) mass is 344 g/mol. The van der Waals surface area contributed by atoms with Crippen LogP contribution in [0.25, 0.3) is 6.08 Å². The van der Waals surface area contributed by atoms with E-state index in [1.54, 1.807) is 0 Å². The topological polar surface area (TPSA) is 17.1 Å². The Morgan fingerprint density at radius 1 is 1.08 bits per heavy atom. The Morgan fingerprint density at radius 2 is 1.85 bits per heavy atom. The first-order valence-electron chi connectivity index (χ1n) is 10.0. The van der Waals surface area contributed by atoms with Crippen molar-refractivity contribution in [1.29, 1.82) is 0 Å². The van der Waals surface area contributed by atoms with E-state index in [1.807, 2.05) is 0 Å². The maximum atomic E-state index is 12.8. The minimum absolute atomic E-state index is 0.0675. The van der Waals surface area contributed by atoms with Crippen LogP contribution in [0.3, 0.4) is 0 Å². The quantitative estimate of drug-likeness (QED) is 0.559. The number of aryl methyl sites for hydroxylation is 1. The van der Waals surface area contributed by atoms with Gasteiger partial charge in [0.2, 0.25) is 0 Å². The summed E-state index contributed by atoms with van der Waals surface area (Å²) in [6.07, 6.45) is 11.1. The average molecular weight is 344 g/mol. The highest BCUT2D eigenvalue weighted by Crippen LogP contribution is 2.64. The summed E-state index contributed by atoms with van der Waals surface area (Å²) in [5, 5.41) is 0. The van der Waals surface area contributed by atoms with Crippen molar-refractivity contribution in [2.75, 3.05) is 0 Å². The van der Waals surface area contributed by atoms with Gasteiger partial charge in [0.05, 0.1) is 0 Å². The van der Waals surface area contributed by atoms with Crippen LogP contribution in [0.1, 0.15) is 61.1 Å². The van der Waals surface area contributed by atoms with Gasteiger partial charge in [-0.1, -0.05) is 78.7 Å². The molecule has 3 atom stereocenters. The maximum absolute atomic E-state index is 12.8. The zero-order valence-corrected chi connectivity index (χ0v) is 15.7. The predicted octanol–water partition coefficient (Wildman–Crippen LogP) is 6.33. The largest absolute Gasteiger partial charge is 0.299 e. The molecule has 1 heteroatoms. The van der Waals surface area contributed by atoms with Gasteiger partial charge in [-0.2, -0.15) is 0 Å². The van der Waals surface area contributed by atoms with E-state index in [0.29, 0.717) is 11.7 Å². The first-order chi connectivity index (χ1) is 12.7. The summed E-state index contributed by atoms with van der Waals surface area (Å²) < 4.78 is 0. The molecule has 26 heavy (non-hydrogen) atoms. The third-order valence-electron chi connectivity index (χ3n) is 6.50. The van der Waals surface area contributed by atoms with E-state index in [1.165, 1.54) is 23.1 Å². The van der Waals surface area contributed by atoms with Crippen LogP contribution in [0.15, 0.2) is 60.7 Å². The zero-order valence-electron chi connectivity index (χ0n) is 15.7. The number of ketones is 1. The smallest absolute Gasteiger partial charge is 0.143 e. The molecule has 0 amide bonds. The van der Waals surface area contributed by atoms with Gasteiger partial charge in [0.25, 0.3) is 0 Å². The van der Waals surface area contributed by atoms with Crippen LogP contribution < -0.4 is 0 Å². The lowest BCUT2D eigenvalue weighted by Gasteiger charge is -2.58. The molecule has 2 fully saturated rings. The Hall–Kier alpha value is -2.15. The number of carbonyl (C=O) groups excluding carboxylic acids is 1. The first kappa shape index (κ1) is 17.3. The molecule has 0 radical (unpaired) electrons. The van der Waals surface area contributed by atoms with Gasteiger partial charge in [0.15, 0.2) is 0 Å². The molecule has 0 saturated heterocycles. The van der Waals surface area contributed by atoms with Crippen LogP contribution in [-0.2, 0) is 4.79 Å². The van der Waals surface area contributed by atoms with E-state index < -0.39 is 0 Å². The maximum Gasteiger partial charge on any atom is 0.143 e. The number of allylic oxidation sites excluding steroid dienone is 1. The van der Waals surface area contributed by atoms with Crippen LogP contribution in [0.2, 0.25) is 0 Å². The molecule has 0 aliphatic heterocycles. The minimum atomic E-state index is -0.0675. The number of hydrogen-bond acceptors (Lipinski definition) is 1. The second-order valence-corrected chi connectivity index (χ2v) is 8.11. The second-order valence-electron chi connectivity index (χ2n) is 8.11. The van der Waals surface area contributed by atoms with E-state index in [0.717, 1.165) is 32.1 Å². The zero-order chi connectivity index (χ0) is 18.0. The van der Waals surface area contributed by atoms with Crippen molar-refractivity contribution in [3.05, 3.63) is 77.4 Å². The summed E-state index contributed by atoms with van der Waals surface area (Å²) in [6, 6.07) is 19.4. The molecule has 2 aliphatic carbocycles. The highest BCUT2D eigenvalue weighted by atomic mass is 16.1. The number of carbonyl (C=O) groups is 1. The molecule has 4 rings (SSSR count). The number of Topliss-reactive ketones (excluding diaryl/α,β-unsaturated/α-hetero) is 1. The van der Waals surface area contributed by atoms with E-state index in [9.17, 15) is 4.79 Å². The minimum Gasteiger partial charge on any atom is -0.299 e. The van der Waals surface area contributed by atoms with Crippen molar-refractivity contribution in [1.82, 2.24) is 0 Å². The van der Waals surface area contributed by atoms with Crippen LogP contribution in [-0.4, -0.2) is 5.78 Å². The molecule has 0 N–H and O–H groups in total. The molecule has 134 valence electrons. The van der Waals surface area contributed by atoms with Crippen LogP contribution in [0.4, 0.5) is 0 Å². The molecule has 0 spiro atoms. The summed E-state index contributed by atoms with van der Waals surface area (Å²) >= 11 is 0. The van der Waals surface area contributed by atoms with Crippen molar-refractivity contribution < 1.29 is 4.79 Å². The van der Waals surface area contributed by atoms with Crippen LogP contribution >= 0.6 is 0 Å². The molecule has 1 nitrogen and oxygen atoms in total. The molecule has 2 aliphatic rings. The van der Waals surface area contributed by atoms with Crippen LogP contribution in [0, 0.1) is 18.3 Å². The Balaban J connectivity index is 1.39. The van der Waals surface area contributed by atoms with Crippen molar-refractivity contribution in [3.8, 4) is 0 Å². The average Bonchev–Trinajstić information content (AvgIpc) is 2.69. The van der Waals surface area contributed by atoms with Crippen molar-refractivity contribution in [2.24, 2.45) is 11.3 Å². The van der Waals surface area contributed by atoms with Gasteiger partial charge in [-0.15, -0.1) is 0 Å². The Kier molecular flexibility index (Phi) is 4.80. The van der Waals surface area contributed by atoms with E-state index in [-0.39, 0.29) is 11.3 Å². The van der Waals surface area contributed by atoms with Gasteiger partial charge >= 0.3 is 0 Å². The van der Waals surface area contributed by atoms with Crippen molar-refractivity contribution in [2.45, 2.75) is 51.4 Å². The molecule has 0 unspecified atom stereocenters. The fourth-order valence-corrected chi connectivity index (χ4v) is 5.22. The van der Waals surface area contributed by atoms with Crippen LogP contribution in [0.5, 0.6) is 0 Å². The fourth-order valence-electron chi connectivity index (χ4n) is 5.22. The van der Waals surface area contributed by atoms with Crippen molar-refractivity contribution in [3.63, 3.8) is 0 Å². The summed E-state index contributed by atoms with van der Waals surface area (Å²) in [5.74, 6) is 1.31. The van der Waals surface area contributed by atoms with Gasteiger partial charge in [0, 0.05) is 17.3 Å². The molecule has 2 aromatic rings. The molecule has 0 aromatic heterocycles. The lowest BCUT2D eigenvalue weighted by atomic mass is 9.43. The molecule has 2 aromatic carbocycles. The molecular formula is C25H28O. The first-order valence-corrected chi connectivity index (χ1v) is 10.0. The van der Waals surface area contributed by atoms with E-state index in [2.05, 4.69) is 73.7 Å². The second kappa shape index (κ2) is 7.23. The lowest BCUT2D eigenvalue weighted by Crippen LogP contribution is -2.58. The Labute approximate surface area is 157 Å². The molecule has 0 heterocycles. The summed E-state index contributed by atoms with van der Waals surface area (Å²) in [7, 11) is 0. The molecule has 2 bridgehead atoms. The standard InChI is InChI=1S/C25H28O/c1-19-13-15-20(16-14-19)9-4-3-7-17-25-18-8-12-22(24(25)26)23(25)21-10-5-2-6-11-21/h2,4-6,9-11,13-16,22-23H,3,7-8,12,17-18H2,1H3/b9-4+/t22-,23+,25+/m0/s1. The van der Waals surface area contributed by atoms with Gasteiger partial charge < -0.3 is 0 Å². The molecule has 2 saturated carbocycles. The third kappa shape index (κ3) is 3.05. The summed E-state index contributed by atoms with van der Waals surface area (Å²) in [6.45, 7) is 2.11. The van der Waals surface area contributed by atoms with Gasteiger partial charge in [-0.3, -0.25) is 4.79 Å². The Bertz CT molecular complexity index is 787. The number of unbranched alkanes of at least 4 members (excludes halogenated alkanes) is 1. The number of hydrogen-bond donors (Lipinski definition) is 0. The van der Waals surface area contributed by atoms with E-state index >= 15 is 0 Å². The summed E-state index contributed by atoms with van der Waals surface area (Å²) in [5.41, 5.74) is 3.87. The lowest BCUT2D eigenvalue weighted by molar-refractivity contribution is -0.158. The molecular weight excluding hydrogens is 316 g/mol. The highest BCUT2D eigenvalue weighted by molar-refractivity contribution is 5.96. The predicted molar refractivity (Wildman–Crippen MR) is 108 cm³/mol. The third-order valence-corrected chi connectivity index (χ3v) is 6.50.